The minimum Gasteiger partial charge on any atom is -0.456 e. The predicted molar refractivity (Wildman–Crippen MR) is 252 cm³/mol. The molecule has 1 aliphatic heterocycles. The quantitative estimate of drug-likeness (QED) is 0.161. The van der Waals surface area contributed by atoms with Crippen molar-refractivity contribution >= 4 is 27.6 Å². The highest BCUT2D eigenvalue weighted by molar-refractivity contribution is 6.06. The minimum absolute atomic E-state index is 0.120. The van der Waals surface area contributed by atoms with E-state index in [0.717, 1.165) is 94.8 Å². The summed E-state index contributed by atoms with van der Waals surface area (Å²) in [6, 6.07) is 65.6. The SMILES string of the molecule is C1=CC2C=C(c3ccccc3)n3nc(-c4ccccc4)c(-c4cccc(-c5cc(-c6ccccc6)nc(-c6ccc(-c7ccc8c(c7)oc7ccccc78)cc6)n5)c4)c3C2C=C1. The molecule has 10 aromatic rings. The number of rotatable bonds is 7. The highest BCUT2D eigenvalue weighted by Gasteiger charge is 2.35. The van der Waals surface area contributed by atoms with Crippen molar-refractivity contribution in [3.8, 4) is 67.4 Å². The van der Waals surface area contributed by atoms with E-state index < -0.39 is 0 Å². The number of hydrogen-bond donors (Lipinski definition) is 0. The normalized spacial score (nSPS) is 15.4. The Morgan fingerprint density at radius 3 is 1.84 bits per heavy atom. The van der Waals surface area contributed by atoms with Crippen LogP contribution in [0.1, 0.15) is 17.2 Å². The van der Waals surface area contributed by atoms with Crippen LogP contribution in [0.15, 0.2) is 223 Å². The van der Waals surface area contributed by atoms with Crippen LogP contribution in [0.3, 0.4) is 0 Å². The molecule has 3 aromatic heterocycles. The van der Waals surface area contributed by atoms with Crippen molar-refractivity contribution in [3.63, 3.8) is 0 Å². The van der Waals surface area contributed by atoms with Crippen LogP contribution >= 0.6 is 0 Å². The van der Waals surface area contributed by atoms with Gasteiger partial charge in [0.15, 0.2) is 5.82 Å². The second-order valence-corrected chi connectivity index (χ2v) is 16.0. The van der Waals surface area contributed by atoms with Gasteiger partial charge in [-0.3, -0.25) is 0 Å². The second-order valence-electron chi connectivity index (χ2n) is 16.0. The fraction of sp³-hybridized carbons (Fsp3) is 0.0351. The molecule has 0 fully saturated rings. The van der Waals surface area contributed by atoms with Crippen molar-refractivity contribution in [1.82, 2.24) is 19.7 Å². The molecule has 0 radical (unpaired) electrons. The monoisotopic (exact) mass is 794 g/mol. The van der Waals surface area contributed by atoms with Crippen molar-refractivity contribution < 1.29 is 4.42 Å². The van der Waals surface area contributed by atoms with Gasteiger partial charge in [0.1, 0.15) is 16.9 Å². The van der Waals surface area contributed by atoms with Gasteiger partial charge >= 0.3 is 0 Å². The van der Waals surface area contributed by atoms with Crippen LogP contribution in [0.4, 0.5) is 0 Å². The molecule has 0 N–H and O–H groups in total. The Morgan fingerprint density at radius 1 is 0.435 bits per heavy atom. The van der Waals surface area contributed by atoms with Gasteiger partial charge < -0.3 is 4.42 Å². The molecule has 0 saturated heterocycles. The van der Waals surface area contributed by atoms with Gasteiger partial charge in [-0.05, 0) is 52.6 Å². The van der Waals surface area contributed by atoms with Crippen molar-refractivity contribution in [2.45, 2.75) is 5.92 Å². The predicted octanol–water partition coefficient (Wildman–Crippen LogP) is 14.3. The van der Waals surface area contributed by atoms with Gasteiger partial charge in [0, 0.05) is 50.4 Å². The zero-order valence-corrected chi connectivity index (χ0v) is 33.6. The van der Waals surface area contributed by atoms with Crippen molar-refractivity contribution in [1.29, 1.82) is 0 Å². The summed E-state index contributed by atoms with van der Waals surface area (Å²) in [7, 11) is 0. The molecule has 2 unspecified atom stereocenters. The van der Waals surface area contributed by atoms with Gasteiger partial charge in [0.05, 0.1) is 22.8 Å². The highest BCUT2D eigenvalue weighted by Crippen LogP contribution is 2.48. The fourth-order valence-electron chi connectivity index (χ4n) is 9.17. The van der Waals surface area contributed by atoms with E-state index in [2.05, 4.69) is 205 Å². The number of benzene rings is 7. The van der Waals surface area contributed by atoms with E-state index >= 15 is 0 Å². The lowest BCUT2D eigenvalue weighted by molar-refractivity contribution is 0.624. The standard InChI is InChI=1S/C57H38N4O/c1-4-15-38(16-5-1)49-36-50(59-57(58-49)41-29-27-37(28-30-41)42-31-32-48-47-25-12-13-26-52(47)62-53(48)35-42)44-22-14-23-45(33-44)54-55(40-19-8-3-9-20-40)60-61-51(39-17-6-2-7-18-39)34-43-21-10-11-24-46(43)56(54)61/h1-36,43,46H. The van der Waals surface area contributed by atoms with E-state index in [4.69, 9.17) is 19.5 Å². The first-order valence-electron chi connectivity index (χ1n) is 21.1. The van der Waals surface area contributed by atoms with Gasteiger partial charge in [0.2, 0.25) is 0 Å². The van der Waals surface area contributed by atoms with Gasteiger partial charge in [-0.15, -0.1) is 0 Å². The number of furan rings is 1. The zero-order valence-electron chi connectivity index (χ0n) is 33.6. The molecule has 12 rings (SSSR count). The number of aromatic nitrogens is 4. The number of para-hydroxylation sites is 1. The van der Waals surface area contributed by atoms with E-state index in [1.54, 1.807) is 0 Å². The largest absolute Gasteiger partial charge is 0.456 e. The molecule has 1 aliphatic carbocycles. The topological polar surface area (TPSA) is 56.7 Å². The highest BCUT2D eigenvalue weighted by atomic mass is 16.3. The zero-order chi connectivity index (χ0) is 41.0. The van der Waals surface area contributed by atoms with Crippen LogP contribution in [0.25, 0.3) is 95.0 Å². The van der Waals surface area contributed by atoms with Crippen LogP contribution in [0.5, 0.6) is 0 Å². The van der Waals surface area contributed by atoms with Crippen molar-refractivity contribution in [3.05, 3.63) is 230 Å². The van der Waals surface area contributed by atoms with Crippen LogP contribution in [0, 0.1) is 5.92 Å². The molecular formula is C57H38N4O. The molecular weight excluding hydrogens is 757 g/mol. The van der Waals surface area contributed by atoms with Crippen LogP contribution in [0.2, 0.25) is 0 Å². The van der Waals surface area contributed by atoms with E-state index in [1.165, 1.54) is 5.69 Å². The summed E-state index contributed by atoms with van der Waals surface area (Å²) in [5.41, 5.74) is 16.3. The number of fused-ring (bicyclic) bond motifs is 6. The number of hydrogen-bond acceptors (Lipinski definition) is 4. The van der Waals surface area contributed by atoms with Gasteiger partial charge in [-0.2, -0.15) is 5.10 Å². The lowest BCUT2D eigenvalue weighted by Gasteiger charge is -2.30. The summed E-state index contributed by atoms with van der Waals surface area (Å²) in [6.45, 7) is 0. The Bertz CT molecular complexity index is 3390. The Labute approximate surface area is 359 Å². The van der Waals surface area contributed by atoms with E-state index in [0.29, 0.717) is 5.82 Å². The third kappa shape index (κ3) is 6.22. The van der Waals surface area contributed by atoms with Crippen molar-refractivity contribution in [2.75, 3.05) is 0 Å². The summed E-state index contributed by atoms with van der Waals surface area (Å²) in [4.78, 5) is 10.5. The van der Waals surface area contributed by atoms with Crippen LogP contribution in [-0.4, -0.2) is 19.7 Å². The Kier molecular flexibility index (Phi) is 8.56. The smallest absolute Gasteiger partial charge is 0.160 e. The average molecular weight is 795 g/mol. The third-order valence-corrected chi connectivity index (χ3v) is 12.2. The van der Waals surface area contributed by atoms with Crippen LogP contribution < -0.4 is 0 Å². The molecule has 2 aliphatic rings. The maximum absolute atomic E-state index is 6.22. The molecule has 4 heterocycles. The summed E-state index contributed by atoms with van der Waals surface area (Å²) in [6.07, 6.45) is 11.3. The first kappa shape index (κ1) is 35.8. The fourth-order valence-corrected chi connectivity index (χ4v) is 9.17. The molecule has 292 valence electrons. The lowest BCUT2D eigenvalue weighted by Crippen LogP contribution is -2.21. The van der Waals surface area contributed by atoms with Gasteiger partial charge in [0.25, 0.3) is 0 Å². The molecule has 0 amide bonds. The summed E-state index contributed by atoms with van der Waals surface area (Å²) < 4.78 is 8.41. The first-order valence-corrected chi connectivity index (χ1v) is 21.1. The Morgan fingerprint density at radius 2 is 1.05 bits per heavy atom. The molecule has 62 heavy (non-hydrogen) atoms. The van der Waals surface area contributed by atoms with E-state index in [1.807, 2.05) is 18.2 Å². The second kappa shape index (κ2) is 14.8. The molecule has 0 bridgehead atoms. The van der Waals surface area contributed by atoms with E-state index in [9.17, 15) is 0 Å². The Hall–Kier alpha value is -8.15. The van der Waals surface area contributed by atoms with Crippen molar-refractivity contribution in [2.24, 2.45) is 5.92 Å². The summed E-state index contributed by atoms with van der Waals surface area (Å²) in [5.74, 6) is 0.982. The van der Waals surface area contributed by atoms with Gasteiger partial charge in [-0.25, -0.2) is 14.6 Å². The molecule has 5 heteroatoms. The molecule has 2 atom stereocenters. The molecule has 5 nitrogen and oxygen atoms in total. The summed E-state index contributed by atoms with van der Waals surface area (Å²) in [5, 5.41) is 7.72. The lowest BCUT2D eigenvalue weighted by atomic mass is 9.79. The molecule has 0 saturated carbocycles. The maximum atomic E-state index is 6.22. The number of nitrogens with zero attached hydrogens (tertiary/aromatic N) is 4. The van der Waals surface area contributed by atoms with Gasteiger partial charge in [-0.1, -0.05) is 188 Å². The molecule has 7 aromatic carbocycles. The van der Waals surface area contributed by atoms with Crippen LogP contribution in [-0.2, 0) is 0 Å². The maximum Gasteiger partial charge on any atom is 0.160 e. The van der Waals surface area contributed by atoms with E-state index in [-0.39, 0.29) is 11.8 Å². The number of allylic oxidation sites excluding steroid dienone is 5. The average Bonchev–Trinajstić information content (AvgIpc) is 3.94. The Balaban J connectivity index is 0.983. The minimum atomic E-state index is 0.120. The summed E-state index contributed by atoms with van der Waals surface area (Å²) >= 11 is 0. The first-order chi connectivity index (χ1) is 30.7. The molecule has 0 spiro atoms. The third-order valence-electron chi connectivity index (χ3n) is 12.2.